The lowest BCUT2D eigenvalue weighted by Crippen LogP contribution is -2.43. The molecule has 1 atom stereocenters. The number of rotatable bonds is 8. The van der Waals surface area contributed by atoms with Gasteiger partial charge in [-0.1, -0.05) is 30.3 Å². The van der Waals surface area contributed by atoms with Crippen molar-refractivity contribution in [2.45, 2.75) is 40.2 Å². The van der Waals surface area contributed by atoms with Crippen LogP contribution in [0.15, 0.2) is 48.5 Å². The number of nitrogens with zero attached hydrogens (tertiary/aromatic N) is 6. The second kappa shape index (κ2) is 10.0. The monoisotopic (exact) mass is 502 g/mol. The highest BCUT2D eigenvalue weighted by Gasteiger charge is 2.37. The van der Waals surface area contributed by atoms with Crippen LogP contribution in [0.4, 0.5) is 11.4 Å². The highest BCUT2D eigenvalue weighted by Crippen LogP contribution is 2.43. The zero-order valence-electron chi connectivity index (χ0n) is 21.3. The number of carbonyl (C=O) groups excluding carboxylic acids is 1. The predicted molar refractivity (Wildman–Crippen MR) is 139 cm³/mol. The molecule has 37 heavy (non-hydrogen) atoms. The Kier molecular flexibility index (Phi) is 6.64. The fourth-order valence-corrected chi connectivity index (χ4v) is 5.12. The lowest BCUT2D eigenvalue weighted by Gasteiger charge is -2.30. The second-order valence-electron chi connectivity index (χ2n) is 8.87. The van der Waals surface area contributed by atoms with Gasteiger partial charge in [-0.05, 0) is 60.5 Å². The van der Waals surface area contributed by atoms with Crippen LogP contribution in [0, 0.1) is 6.92 Å². The van der Waals surface area contributed by atoms with Gasteiger partial charge in [-0.15, -0.1) is 5.10 Å². The molecule has 2 aromatic heterocycles. The summed E-state index contributed by atoms with van der Waals surface area (Å²) in [4.78, 5) is 16.5. The molecule has 5 rings (SSSR count). The van der Waals surface area contributed by atoms with Gasteiger partial charge in [-0.3, -0.25) is 10.0 Å². The van der Waals surface area contributed by atoms with E-state index in [9.17, 15) is 10.0 Å². The van der Waals surface area contributed by atoms with Gasteiger partial charge in [0.1, 0.15) is 0 Å². The average molecular weight is 503 g/mol. The smallest absolute Gasteiger partial charge is 0.276 e. The molecular weight excluding hydrogens is 472 g/mol. The van der Waals surface area contributed by atoms with Gasteiger partial charge >= 0.3 is 0 Å². The van der Waals surface area contributed by atoms with Crippen molar-refractivity contribution >= 4 is 17.3 Å². The van der Waals surface area contributed by atoms with E-state index < -0.39 is 12.3 Å². The third-order valence-electron chi connectivity index (χ3n) is 6.74. The van der Waals surface area contributed by atoms with Gasteiger partial charge in [0.25, 0.3) is 5.91 Å². The van der Waals surface area contributed by atoms with Gasteiger partial charge in [0.05, 0.1) is 22.6 Å². The molecule has 0 fully saturated rings. The maximum atomic E-state index is 12.5. The third kappa shape index (κ3) is 4.21. The molecule has 11 nitrogen and oxygen atoms in total. The summed E-state index contributed by atoms with van der Waals surface area (Å²) in [6, 6.07) is 15.9. The summed E-state index contributed by atoms with van der Waals surface area (Å²) < 4.78 is 8.31. The minimum Gasteiger partial charge on any atom is -0.345 e. The number of hydrogen-bond acceptors (Lipinski definition) is 8. The largest absolute Gasteiger partial charge is 0.345 e. The molecule has 192 valence electrons. The second-order valence-corrected chi connectivity index (χ2v) is 8.87. The zero-order chi connectivity index (χ0) is 26.1. The molecule has 4 aromatic rings. The SMILES string of the molecule is CCOC1N(C)c2cccc(C(=O)NO)c2N1Cc1ccc(-c2c(-c3nnn[nH]3)cc(C)n2CC)cc1. The number of amides is 1. The number of hydrogen-bond donors (Lipinski definition) is 3. The molecule has 11 heteroatoms. The third-order valence-corrected chi connectivity index (χ3v) is 6.74. The molecule has 1 amide bonds. The molecule has 1 aliphatic heterocycles. The molecule has 0 radical (unpaired) electrons. The van der Waals surface area contributed by atoms with Crippen molar-refractivity contribution in [3.05, 3.63) is 65.4 Å². The van der Waals surface area contributed by atoms with Crippen LogP contribution >= 0.6 is 0 Å². The molecule has 0 bridgehead atoms. The Morgan fingerprint density at radius 3 is 2.62 bits per heavy atom. The van der Waals surface area contributed by atoms with Crippen molar-refractivity contribution in [2.75, 3.05) is 23.5 Å². The quantitative estimate of drug-likeness (QED) is 0.247. The highest BCUT2D eigenvalue weighted by molar-refractivity contribution is 6.03. The molecule has 1 unspecified atom stereocenters. The van der Waals surface area contributed by atoms with Crippen molar-refractivity contribution in [1.29, 1.82) is 0 Å². The fourth-order valence-electron chi connectivity index (χ4n) is 5.12. The average Bonchev–Trinajstić information content (AvgIpc) is 3.63. The van der Waals surface area contributed by atoms with E-state index in [1.54, 1.807) is 17.6 Å². The van der Waals surface area contributed by atoms with Crippen LogP contribution < -0.4 is 15.3 Å². The van der Waals surface area contributed by atoms with Crippen LogP contribution in [0.2, 0.25) is 0 Å². The van der Waals surface area contributed by atoms with E-state index >= 15 is 0 Å². The van der Waals surface area contributed by atoms with E-state index in [0.29, 0.717) is 24.5 Å². The first kappa shape index (κ1) is 24.5. The van der Waals surface area contributed by atoms with Crippen molar-refractivity contribution in [3.8, 4) is 22.6 Å². The number of carbonyl (C=O) groups is 1. The van der Waals surface area contributed by atoms with Crippen LogP contribution in [0.25, 0.3) is 22.6 Å². The van der Waals surface area contributed by atoms with E-state index in [0.717, 1.165) is 46.0 Å². The Hall–Kier alpha value is -4.22. The highest BCUT2D eigenvalue weighted by atomic mass is 16.5. The van der Waals surface area contributed by atoms with Crippen LogP contribution in [0.3, 0.4) is 0 Å². The standard InChI is InChI=1S/C26H30N8O3/c1-5-33-16(3)14-20(24-27-30-31-28-24)22(33)18-12-10-17(11-13-18)15-34-23-19(25(35)29-36)8-7-9-21(23)32(4)26(34)37-6-2/h7-14,26,36H,5-6,15H2,1-4H3,(H,29,35)(H,27,28,30,31). The van der Waals surface area contributed by atoms with E-state index in [4.69, 9.17) is 4.74 Å². The Morgan fingerprint density at radius 1 is 1.19 bits per heavy atom. The minimum atomic E-state index is -0.562. The number of hydroxylamine groups is 1. The summed E-state index contributed by atoms with van der Waals surface area (Å²) in [5.74, 6) is 0.0632. The first-order valence-electron chi connectivity index (χ1n) is 12.2. The van der Waals surface area contributed by atoms with Gasteiger partial charge in [0.2, 0.25) is 6.35 Å². The maximum Gasteiger partial charge on any atom is 0.276 e. The number of benzene rings is 2. The van der Waals surface area contributed by atoms with Gasteiger partial charge in [0, 0.05) is 38.0 Å². The summed E-state index contributed by atoms with van der Waals surface area (Å²) in [5.41, 5.74) is 8.94. The lowest BCUT2D eigenvalue weighted by molar-refractivity contribution is 0.0646. The molecular formula is C26H30N8O3. The van der Waals surface area contributed by atoms with Crippen LogP contribution in [-0.4, -0.2) is 56.3 Å². The lowest BCUT2D eigenvalue weighted by atomic mass is 10.0. The van der Waals surface area contributed by atoms with E-state index in [-0.39, 0.29) is 0 Å². The number of aromatic amines is 1. The Labute approximate surface area is 214 Å². The van der Waals surface area contributed by atoms with E-state index in [1.165, 1.54) is 0 Å². The molecule has 3 N–H and O–H groups in total. The Morgan fingerprint density at radius 2 is 1.97 bits per heavy atom. The Bertz CT molecular complexity index is 1400. The fraction of sp³-hybridized carbons (Fsp3) is 0.308. The van der Waals surface area contributed by atoms with Crippen LogP contribution in [-0.2, 0) is 17.8 Å². The van der Waals surface area contributed by atoms with Crippen molar-refractivity contribution < 1.29 is 14.7 Å². The summed E-state index contributed by atoms with van der Waals surface area (Å²) >= 11 is 0. The minimum absolute atomic E-state index is 0.382. The number of aryl methyl sites for hydroxylation is 1. The molecule has 0 saturated heterocycles. The molecule has 0 aliphatic carbocycles. The van der Waals surface area contributed by atoms with Crippen molar-refractivity contribution in [3.63, 3.8) is 0 Å². The Balaban J connectivity index is 1.51. The van der Waals surface area contributed by atoms with Gasteiger partial charge in [0.15, 0.2) is 5.82 Å². The maximum absolute atomic E-state index is 12.5. The number of fused-ring (bicyclic) bond motifs is 1. The van der Waals surface area contributed by atoms with Crippen LogP contribution in [0.1, 0.15) is 35.5 Å². The van der Waals surface area contributed by atoms with Crippen molar-refractivity contribution in [2.24, 2.45) is 0 Å². The van der Waals surface area contributed by atoms with Gasteiger partial charge < -0.3 is 19.1 Å². The van der Waals surface area contributed by atoms with Gasteiger partial charge in [-0.25, -0.2) is 10.6 Å². The number of ether oxygens (including phenoxy) is 1. The summed E-state index contributed by atoms with van der Waals surface area (Å²) in [5, 5.41) is 23.8. The predicted octanol–water partition coefficient (Wildman–Crippen LogP) is 3.56. The van der Waals surface area contributed by atoms with Crippen molar-refractivity contribution in [1.82, 2.24) is 30.7 Å². The normalized spacial score (nSPS) is 14.8. The number of para-hydroxylation sites is 1. The topological polar surface area (TPSA) is 124 Å². The number of aromatic nitrogens is 5. The summed E-state index contributed by atoms with van der Waals surface area (Å²) in [6.45, 7) is 7.95. The molecule has 1 aliphatic rings. The summed E-state index contributed by atoms with van der Waals surface area (Å²) in [7, 11) is 1.93. The van der Waals surface area contributed by atoms with E-state index in [1.807, 2.05) is 29.8 Å². The molecule has 0 saturated carbocycles. The van der Waals surface area contributed by atoms with Crippen LogP contribution in [0.5, 0.6) is 0 Å². The van der Waals surface area contributed by atoms with E-state index in [2.05, 4.69) is 69.4 Å². The molecule has 3 heterocycles. The van der Waals surface area contributed by atoms with Gasteiger partial charge in [-0.2, -0.15) is 0 Å². The number of nitrogens with one attached hydrogen (secondary N) is 2. The molecule has 0 spiro atoms. The molecule has 2 aromatic carbocycles. The number of tetrazole rings is 1. The first-order chi connectivity index (χ1) is 18.0. The number of anilines is 2. The summed E-state index contributed by atoms with van der Waals surface area (Å²) in [6.07, 6.45) is -0.391. The first-order valence-corrected chi connectivity index (χ1v) is 12.2. The number of H-pyrrole nitrogens is 1. The zero-order valence-corrected chi connectivity index (χ0v) is 21.3.